The Kier molecular flexibility index (Phi) is 2.02. The van der Waals surface area contributed by atoms with E-state index >= 15 is 0 Å². The number of halogens is 1. The minimum absolute atomic E-state index is 0.234. The zero-order chi connectivity index (χ0) is 7.78. The maximum absolute atomic E-state index is 13.1. The van der Waals surface area contributed by atoms with Gasteiger partial charge in [0.1, 0.15) is 6.17 Å². The van der Waals surface area contributed by atoms with E-state index in [1.54, 1.807) is 0 Å². The van der Waals surface area contributed by atoms with Gasteiger partial charge in [-0.15, -0.1) is 0 Å². The lowest BCUT2D eigenvalue weighted by Crippen LogP contribution is -2.33. The lowest BCUT2D eigenvalue weighted by atomic mass is 9.69. The topological polar surface area (TPSA) is 0 Å². The van der Waals surface area contributed by atoms with E-state index in [2.05, 4.69) is 13.8 Å². The summed E-state index contributed by atoms with van der Waals surface area (Å²) < 4.78 is 13.1. The van der Waals surface area contributed by atoms with Gasteiger partial charge in [-0.25, -0.2) is 4.39 Å². The minimum Gasteiger partial charge on any atom is -0.247 e. The molecule has 0 aromatic rings. The van der Waals surface area contributed by atoms with Gasteiger partial charge in [0, 0.05) is 0 Å². The van der Waals surface area contributed by atoms with Gasteiger partial charge >= 0.3 is 0 Å². The van der Waals surface area contributed by atoms with Crippen molar-refractivity contribution in [1.82, 2.24) is 0 Å². The number of rotatable bonds is 0. The molecule has 1 aliphatic rings. The van der Waals surface area contributed by atoms with Crippen LogP contribution in [0.1, 0.15) is 40.0 Å². The van der Waals surface area contributed by atoms with Crippen molar-refractivity contribution in [2.24, 2.45) is 11.3 Å². The summed E-state index contributed by atoms with van der Waals surface area (Å²) in [7, 11) is 0. The minimum atomic E-state index is -0.552. The van der Waals surface area contributed by atoms with E-state index in [9.17, 15) is 4.39 Å². The third-order valence-electron chi connectivity index (χ3n) is 3.08. The monoisotopic (exact) mass is 144 g/mol. The summed E-state index contributed by atoms with van der Waals surface area (Å²) >= 11 is 0. The first-order valence-electron chi connectivity index (χ1n) is 4.18. The predicted molar refractivity (Wildman–Crippen MR) is 41.7 cm³/mol. The summed E-state index contributed by atoms with van der Waals surface area (Å²) in [5.41, 5.74) is 0.234. The molecule has 0 saturated heterocycles. The standard InChI is InChI=1S/C9H17F/c1-7-8(10)5-4-6-9(7,2)3/h7-8H,4-6H2,1-3H3. The summed E-state index contributed by atoms with van der Waals surface area (Å²) in [5.74, 6) is 0.251. The van der Waals surface area contributed by atoms with Crippen LogP contribution in [0, 0.1) is 11.3 Å². The fourth-order valence-corrected chi connectivity index (χ4v) is 1.72. The number of hydrogen-bond acceptors (Lipinski definition) is 0. The lowest BCUT2D eigenvalue weighted by molar-refractivity contribution is 0.0600. The first-order chi connectivity index (χ1) is 4.54. The van der Waals surface area contributed by atoms with Gasteiger partial charge in [0.25, 0.3) is 0 Å². The Hall–Kier alpha value is -0.0700. The molecule has 10 heavy (non-hydrogen) atoms. The second kappa shape index (κ2) is 2.52. The molecule has 1 heteroatoms. The van der Waals surface area contributed by atoms with E-state index in [0.29, 0.717) is 0 Å². The number of alkyl halides is 1. The molecule has 0 spiro atoms. The molecule has 0 aliphatic heterocycles. The van der Waals surface area contributed by atoms with E-state index in [1.807, 2.05) is 6.92 Å². The Morgan fingerprint density at radius 3 is 2.40 bits per heavy atom. The van der Waals surface area contributed by atoms with E-state index in [-0.39, 0.29) is 11.3 Å². The van der Waals surface area contributed by atoms with E-state index in [1.165, 1.54) is 6.42 Å². The second-order valence-corrected chi connectivity index (χ2v) is 4.19. The second-order valence-electron chi connectivity index (χ2n) is 4.19. The Labute approximate surface area is 62.8 Å². The average Bonchev–Trinajstić information content (AvgIpc) is 1.83. The van der Waals surface area contributed by atoms with Gasteiger partial charge in [-0.3, -0.25) is 0 Å². The molecule has 2 unspecified atom stereocenters. The third kappa shape index (κ3) is 1.33. The van der Waals surface area contributed by atoms with Gasteiger partial charge < -0.3 is 0 Å². The van der Waals surface area contributed by atoms with Gasteiger partial charge in [0.15, 0.2) is 0 Å². The fourth-order valence-electron chi connectivity index (χ4n) is 1.72. The maximum atomic E-state index is 13.1. The zero-order valence-corrected chi connectivity index (χ0v) is 7.15. The molecular formula is C9H17F. The molecule has 60 valence electrons. The highest BCUT2D eigenvalue weighted by molar-refractivity contribution is 4.85. The van der Waals surface area contributed by atoms with Crippen molar-refractivity contribution in [3.8, 4) is 0 Å². The van der Waals surface area contributed by atoms with Crippen molar-refractivity contribution in [3.63, 3.8) is 0 Å². The van der Waals surface area contributed by atoms with Crippen LogP contribution >= 0.6 is 0 Å². The van der Waals surface area contributed by atoms with Crippen molar-refractivity contribution in [2.75, 3.05) is 0 Å². The van der Waals surface area contributed by atoms with Crippen LogP contribution in [0.5, 0.6) is 0 Å². The summed E-state index contributed by atoms with van der Waals surface area (Å²) in [5, 5.41) is 0. The normalized spacial score (nSPS) is 39.6. The fraction of sp³-hybridized carbons (Fsp3) is 1.00. The lowest BCUT2D eigenvalue weighted by Gasteiger charge is -2.38. The van der Waals surface area contributed by atoms with Crippen LogP contribution < -0.4 is 0 Å². The van der Waals surface area contributed by atoms with Crippen molar-refractivity contribution in [1.29, 1.82) is 0 Å². The summed E-state index contributed by atoms with van der Waals surface area (Å²) in [6, 6.07) is 0. The molecule has 0 nitrogen and oxygen atoms in total. The van der Waals surface area contributed by atoms with Crippen molar-refractivity contribution >= 4 is 0 Å². The predicted octanol–water partition coefficient (Wildman–Crippen LogP) is 3.17. The van der Waals surface area contributed by atoms with Gasteiger partial charge in [0.2, 0.25) is 0 Å². The van der Waals surface area contributed by atoms with Crippen molar-refractivity contribution < 1.29 is 4.39 Å². The molecule has 0 bridgehead atoms. The smallest absolute Gasteiger partial charge is 0.103 e. The van der Waals surface area contributed by atoms with Crippen LogP contribution in [0.2, 0.25) is 0 Å². The van der Waals surface area contributed by atoms with Gasteiger partial charge in [0.05, 0.1) is 0 Å². The molecule has 0 N–H and O–H groups in total. The van der Waals surface area contributed by atoms with E-state index in [4.69, 9.17) is 0 Å². The molecule has 0 aromatic heterocycles. The number of hydrogen-bond donors (Lipinski definition) is 0. The molecule has 1 aliphatic carbocycles. The molecule has 0 heterocycles. The SMILES string of the molecule is CC1C(F)CCCC1(C)C. The summed E-state index contributed by atoms with van der Waals surface area (Å²) in [4.78, 5) is 0. The largest absolute Gasteiger partial charge is 0.247 e. The third-order valence-corrected chi connectivity index (χ3v) is 3.08. The van der Waals surface area contributed by atoms with Crippen molar-refractivity contribution in [2.45, 2.75) is 46.2 Å². The highest BCUT2D eigenvalue weighted by Crippen LogP contribution is 2.41. The quantitative estimate of drug-likeness (QED) is 0.490. The van der Waals surface area contributed by atoms with E-state index in [0.717, 1.165) is 12.8 Å². The summed E-state index contributed by atoms with van der Waals surface area (Å²) in [6.45, 7) is 6.37. The molecule has 1 fully saturated rings. The van der Waals surface area contributed by atoms with E-state index < -0.39 is 6.17 Å². The molecule has 1 saturated carbocycles. The van der Waals surface area contributed by atoms with Gasteiger partial charge in [-0.1, -0.05) is 27.2 Å². The maximum Gasteiger partial charge on any atom is 0.103 e. The van der Waals surface area contributed by atoms with Crippen LogP contribution in [-0.4, -0.2) is 6.17 Å². The van der Waals surface area contributed by atoms with Crippen LogP contribution in [0.4, 0.5) is 4.39 Å². The first kappa shape index (κ1) is 8.03. The molecule has 1 rings (SSSR count). The average molecular weight is 144 g/mol. The highest BCUT2D eigenvalue weighted by Gasteiger charge is 2.35. The van der Waals surface area contributed by atoms with Crippen LogP contribution in [0.15, 0.2) is 0 Å². The first-order valence-corrected chi connectivity index (χ1v) is 4.18. The Morgan fingerprint density at radius 2 is 2.00 bits per heavy atom. The van der Waals surface area contributed by atoms with Crippen molar-refractivity contribution in [3.05, 3.63) is 0 Å². The zero-order valence-electron chi connectivity index (χ0n) is 7.15. The summed E-state index contributed by atoms with van der Waals surface area (Å²) in [6.07, 6.45) is 2.49. The molecule has 0 radical (unpaired) electrons. The van der Waals surface area contributed by atoms with Gasteiger partial charge in [-0.2, -0.15) is 0 Å². The Balaban J connectivity index is 2.60. The Morgan fingerprint density at radius 1 is 1.40 bits per heavy atom. The molecule has 2 atom stereocenters. The van der Waals surface area contributed by atoms with Crippen LogP contribution in [0.3, 0.4) is 0 Å². The highest BCUT2D eigenvalue weighted by atomic mass is 19.1. The van der Waals surface area contributed by atoms with Crippen LogP contribution in [-0.2, 0) is 0 Å². The molecule has 0 amide bonds. The van der Waals surface area contributed by atoms with Crippen LogP contribution in [0.25, 0.3) is 0 Å². The Bertz CT molecular complexity index is 118. The molecule has 0 aromatic carbocycles. The molecular weight excluding hydrogens is 127 g/mol. The van der Waals surface area contributed by atoms with Gasteiger partial charge in [-0.05, 0) is 24.2 Å².